The van der Waals surface area contributed by atoms with E-state index in [-0.39, 0.29) is 34.1 Å². The van der Waals surface area contributed by atoms with Crippen molar-refractivity contribution in [3.8, 4) is 0 Å². The van der Waals surface area contributed by atoms with Gasteiger partial charge in [-0.1, -0.05) is 12.1 Å². The Morgan fingerprint density at radius 2 is 1.55 bits per heavy atom. The highest BCUT2D eigenvalue weighted by Gasteiger charge is 2.30. The number of anilines is 4. The van der Waals surface area contributed by atoms with Crippen molar-refractivity contribution in [2.75, 3.05) is 55.5 Å². The lowest BCUT2D eigenvalue weighted by atomic mass is 10.1. The van der Waals surface area contributed by atoms with E-state index in [9.17, 15) is 19.7 Å². The minimum Gasteiger partial charge on any atom is -0.465 e. The third-order valence-corrected chi connectivity index (χ3v) is 6.52. The molecular weight excluding hydrogens is 492 g/mol. The molecule has 0 saturated carbocycles. The lowest BCUT2D eigenvalue weighted by molar-refractivity contribution is -0.383. The molecule has 1 aliphatic heterocycles. The van der Waals surface area contributed by atoms with Crippen LogP contribution < -0.4 is 15.1 Å². The molecule has 2 aromatic carbocycles. The minimum absolute atomic E-state index is 0.0670. The average Bonchev–Trinajstić information content (AvgIpc) is 2.93. The largest absolute Gasteiger partial charge is 0.465 e. The number of carbonyl (C=O) groups excluding carboxylic acids is 2. The summed E-state index contributed by atoms with van der Waals surface area (Å²) in [6.45, 7) is 6.54. The predicted octanol–water partition coefficient (Wildman–Crippen LogP) is 3.65. The van der Waals surface area contributed by atoms with Crippen molar-refractivity contribution < 1.29 is 24.0 Å². The first-order chi connectivity index (χ1) is 18.2. The summed E-state index contributed by atoms with van der Waals surface area (Å²) in [5, 5.41) is 15.1. The Bertz CT molecular complexity index is 1350. The molecule has 0 radical (unpaired) electrons. The molecule has 38 heavy (non-hydrogen) atoms. The van der Waals surface area contributed by atoms with Gasteiger partial charge in [-0.2, -0.15) is 0 Å². The lowest BCUT2D eigenvalue weighted by Gasteiger charge is -2.37. The first-order valence-corrected chi connectivity index (χ1v) is 11.9. The highest BCUT2D eigenvalue weighted by Crippen LogP contribution is 2.35. The average molecular weight is 521 g/mol. The SMILES string of the molecule is COC(=O)c1cc(Nc2ncnc(N3CCN(c4cccc(C)c4C)CC3)c2[N+](=O)[O-])cc(C(=O)OC)c1. The summed E-state index contributed by atoms with van der Waals surface area (Å²) < 4.78 is 9.52. The molecular formula is C26H28N6O6. The zero-order valence-electron chi connectivity index (χ0n) is 21.6. The minimum atomic E-state index is -0.682. The van der Waals surface area contributed by atoms with Gasteiger partial charge in [-0.15, -0.1) is 0 Å². The maximum absolute atomic E-state index is 12.2. The number of piperazine rings is 1. The summed E-state index contributed by atoms with van der Waals surface area (Å²) in [4.78, 5) is 48.4. The van der Waals surface area contributed by atoms with E-state index >= 15 is 0 Å². The van der Waals surface area contributed by atoms with Crippen LogP contribution >= 0.6 is 0 Å². The van der Waals surface area contributed by atoms with E-state index in [0.717, 1.165) is 5.69 Å². The summed E-state index contributed by atoms with van der Waals surface area (Å²) in [7, 11) is 2.42. The molecule has 1 N–H and O–H groups in total. The number of rotatable bonds is 7. The highest BCUT2D eigenvalue weighted by atomic mass is 16.6. The molecule has 1 aliphatic rings. The Hall–Kier alpha value is -4.74. The number of hydrogen-bond donors (Lipinski definition) is 1. The van der Waals surface area contributed by atoms with Gasteiger partial charge in [-0.05, 0) is 49.2 Å². The number of nitrogens with one attached hydrogen (secondary N) is 1. The van der Waals surface area contributed by atoms with E-state index < -0.39 is 16.9 Å². The van der Waals surface area contributed by atoms with Gasteiger partial charge in [0.05, 0.1) is 30.3 Å². The number of benzene rings is 2. The van der Waals surface area contributed by atoms with Gasteiger partial charge in [-0.25, -0.2) is 19.6 Å². The zero-order chi connectivity index (χ0) is 27.4. The molecule has 198 valence electrons. The van der Waals surface area contributed by atoms with Crippen molar-refractivity contribution >= 4 is 40.6 Å². The maximum Gasteiger partial charge on any atom is 0.353 e. The second kappa shape index (κ2) is 11.1. The van der Waals surface area contributed by atoms with Crippen LogP contribution in [0.3, 0.4) is 0 Å². The number of hydrogen-bond acceptors (Lipinski definition) is 11. The Labute approximate surface area is 219 Å². The van der Waals surface area contributed by atoms with Gasteiger partial charge >= 0.3 is 17.6 Å². The van der Waals surface area contributed by atoms with Crippen LogP contribution in [0, 0.1) is 24.0 Å². The molecule has 0 amide bonds. The van der Waals surface area contributed by atoms with Crippen molar-refractivity contribution in [2.24, 2.45) is 0 Å². The number of esters is 2. The Balaban J connectivity index is 1.63. The normalized spacial score (nSPS) is 13.2. The van der Waals surface area contributed by atoms with Gasteiger partial charge in [0.25, 0.3) is 0 Å². The third kappa shape index (κ3) is 5.33. The topological polar surface area (TPSA) is 140 Å². The summed E-state index contributed by atoms with van der Waals surface area (Å²) in [5.41, 5.74) is 3.61. The fourth-order valence-corrected chi connectivity index (χ4v) is 4.41. The molecule has 0 spiro atoms. The van der Waals surface area contributed by atoms with Crippen LogP contribution in [0.4, 0.5) is 28.7 Å². The molecule has 12 heteroatoms. The summed E-state index contributed by atoms with van der Waals surface area (Å²) in [6, 6.07) is 10.3. The molecule has 4 rings (SSSR count). The first-order valence-electron chi connectivity index (χ1n) is 11.9. The fraction of sp³-hybridized carbons (Fsp3) is 0.308. The van der Waals surface area contributed by atoms with Crippen molar-refractivity contribution in [3.63, 3.8) is 0 Å². The van der Waals surface area contributed by atoms with Crippen molar-refractivity contribution in [3.05, 3.63) is 75.1 Å². The van der Waals surface area contributed by atoms with Gasteiger partial charge in [0.1, 0.15) is 6.33 Å². The Kier molecular flexibility index (Phi) is 7.70. The first kappa shape index (κ1) is 26.3. The lowest BCUT2D eigenvalue weighted by Crippen LogP contribution is -2.47. The smallest absolute Gasteiger partial charge is 0.353 e. The van der Waals surface area contributed by atoms with Gasteiger partial charge in [-0.3, -0.25) is 10.1 Å². The zero-order valence-corrected chi connectivity index (χ0v) is 21.6. The standard InChI is InChI=1S/C26H28N6O6/c1-16-6-5-7-21(17(16)2)30-8-10-31(11-9-30)24-22(32(35)36)23(27-15-28-24)29-20-13-18(25(33)37-3)12-19(14-20)26(34)38-4/h5-7,12-15H,8-11H2,1-4H3,(H,27,28,29). The van der Waals surface area contributed by atoms with E-state index in [2.05, 4.69) is 46.2 Å². The maximum atomic E-state index is 12.2. The number of ether oxygens (including phenoxy) is 2. The molecule has 0 aliphatic carbocycles. The van der Waals surface area contributed by atoms with Crippen molar-refractivity contribution in [1.82, 2.24) is 9.97 Å². The number of nitrogens with zero attached hydrogens (tertiary/aromatic N) is 5. The van der Waals surface area contributed by atoms with Crippen LogP contribution in [-0.4, -0.2) is 67.2 Å². The van der Waals surface area contributed by atoms with E-state index in [1.807, 2.05) is 11.0 Å². The molecule has 0 atom stereocenters. The predicted molar refractivity (Wildman–Crippen MR) is 141 cm³/mol. The molecule has 1 saturated heterocycles. The van der Waals surface area contributed by atoms with Crippen LogP contribution in [0.5, 0.6) is 0 Å². The number of carbonyl (C=O) groups is 2. The van der Waals surface area contributed by atoms with E-state index in [4.69, 9.17) is 9.47 Å². The molecule has 0 unspecified atom stereocenters. The van der Waals surface area contributed by atoms with Crippen molar-refractivity contribution in [2.45, 2.75) is 13.8 Å². The molecule has 1 aromatic heterocycles. The Morgan fingerprint density at radius 3 is 2.13 bits per heavy atom. The molecule has 12 nitrogen and oxygen atoms in total. The number of aryl methyl sites for hydroxylation is 1. The molecule has 1 fully saturated rings. The van der Waals surface area contributed by atoms with Gasteiger partial charge in [0, 0.05) is 37.6 Å². The summed E-state index contributed by atoms with van der Waals surface area (Å²) in [5.74, 6) is -1.25. The van der Waals surface area contributed by atoms with Crippen molar-refractivity contribution in [1.29, 1.82) is 0 Å². The van der Waals surface area contributed by atoms with Crippen LogP contribution in [-0.2, 0) is 9.47 Å². The summed E-state index contributed by atoms with van der Waals surface area (Å²) >= 11 is 0. The van der Waals surface area contributed by atoms with E-state index in [1.165, 1.54) is 49.9 Å². The van der Waals surface area contributed by atoms with Gasteiger partial charge in [0.15, 0.2) is 0 Å². The van der Waals surface area contributed by atoms with E-state index in [0.29, 0.717) is 26.2 Å². The van der Waals surface area contributed by atoms with Crippen LogP contribution in [0.15, 0.2) is 42.7 Å². The molecule has 2 heterocycles. The Morgan fingerprint density at radius 1 is 0.947 bits per heavy atom. The third-order valence-electron chi connectivity index (χ3n) is 6.52. The second-order valence-electron chi connectivity index (χ2n) is 8.75. The van der Waals surface area contributed by atoms with E-state index in [1.54, 1.807) is 0 Å². The quantitative estimate of drug-likeness (QED) is 0.277. The monoisotopic (exact) mass is 520 g/mol. The number of nitro groups is 1. The van der Waals surface area contributed by atoms with Gasteiger partial charge < -0.3 is 24.6 Å². The highest BCUT2D eigenvalue weighted by molar-refractivity contribution is 5.97. The molecule has 3 aromatic rings. The fourth-order valence-electron chi connectivity index (χ4n) is 4.41. The molecule has 0 bridgehead atoms. The summed E-state index contributed by atoms with van der Waals surface area (Å²) in [6.07, 6.45) is 1.24. The van der Waals surface area contributed by atoms with Crippen LogP contribution in [0.2, 0.25) is 0 Å². The van der Waals surface area contributed by atoms with Gasteiger partial charge in [0.2, 0.25) is 11.6 Å². The van der Waals surface area contributed by atoms with Crippen LogP contribution in [0.1, 0.15) is 31.8 Å². The van der Waals surface area contributed by atoms with Crippen LogP contribution in [0.25, 0.3) is 0 Å². The second-order valence-corrected chi connectivity index (χ2v) is 8.75. The number of methoxy groups -OCH3 is 2. The number of aromatic nitrogens is 2.